The first-order chi connectivity index (χ1) is 12.3. The second-order valence-electron chi connectivity index (χ2n) is 5.92. The molecule has 1 amide bonds. The largest absolute Gasteiger partial charge is 0.454 e. The first-order valence-corrected chi connectivity index (χ1v) is 8.35. The monoisotopic (exact) mass is 334 g/mol. The molecule has 5 heteroatoms. The molecule has 0 spiro atoms. The summed E-state index contributed by atoms with van der Waals surface area (Å²) in [6, 6.07) is 15.2. The molecule has 0 aliphatic carbocycles. The molecule has 0 N–H and O–H groups in total. The molecule has 0 radical (unpaired) electrons. The SMILES string of the molecule is CCCC1=NN(c2ccccc2)C(=O)/C1=C\c1ccc2c(c1)OCO2. The van der Waals surface area contributed by atoms with Gasteiger partial charge < -0.3 is 9.47 Å². The molecule has 4 rings (SSSR count). The van der Waals surface area contributed by atoms with Gasteiger partial charge >= 0.3 is 0 Å². The van der Waals surface area contributed by atoms with Crippen LogP contribution in [0.3, 0.4) is 0 Å². The Balaban J connectivity index is 1.70. The van der Waals surface area contributed by atoms with Crippen LogP contribution < -0.4 is 14.5 Å². The van der Waals surface area contributed by atoms with Crippen LogP contribution in [-0.4, -0.2) is 18.4 Å². The molecule has 0 unspecified atom stereocenters. The van der Waals surface area contributed by atoms with Gasteiger partial charge in [0.05, 0.1) is 17.0 Å². The minimum Gasteiger partial charge on any atom is -0.454 e. The molecule has 25 heavy (non-hydrogen) atoms. The van der Waals surface area contributed by atoms with Crippen molar-refractivity contribution in [3.63, 3.8) is 0 Å². The predicted octanol–water partition coefficient (Wildman–Crippen LogP) is 4.00. The number of amides is 1. The number of hydrogen-bond donors (Lipinski definition) is 0. The Labute approximate surface area is 146 Å². The predicted molar refractivity (Wildman–Crippen MR) is 96.8 cm³/mol. The molecule has 0 aromatic heterocycles. The van der Waals surface area contributed by atoms with Crippen molar-refractivity contribution in [2.45, 2.75) is 19.8 Å². The lowest BCUT2D eigenvalue weighted by Crippen LogP contribution is -2.21. The minimum atomic E-state index is -0.104. The summed E-state index contributed by atoms with van der Waals surface area (Å²) in [5.74, 6) is 1.33. The van der Waals surface area contributed by atoms with E-state index in [1.54, 1.807) is 0 Å². The highest BCUT2D eigenvalue weighted by molar-refractivity contribution is 6.32. The van der Waals surface area contributed by atoms with Crippen molar-refractivity contribution in [2.24, 2.45) is 5.10 Å². The average molecular weight is 334 g/mol. The van der Waals surface area contributed by atoms with Gasteiger partial charge in [-0.15, -0.1) is 0 Å². The van der Waals surface area contributed by atoms with Gasteiger partial charge in [0.1, 0.15) is 0 Å². The normalized spacial score (nSPS) is 17.3. The number of carbonyl (C=O) groups excluding carboxylic acids is 1. The second-order valence-corrected chi connectivity index (χ2v) is 5.92. The van der Waals surface area contributed by atoms with Crippen molar-refractivity contribution < 1.29 is 14.3 Å². The van der Waals surface area contributed by atoms with Gasteiger partial charge in [-0.3, -0.25) is 4.79 Å². The Morgan fingerprint density at radius 3 is 2.72 bits per heavy atom. The van der Waals surface area contributed by atoms with Gasteiger partial charge in [-0.2, -0.15) is 10.1 Å². The lowest BCUT2D eigenvalue weighted by molar-refractivity contribution is -0.114. The number of benzene rings is 2. The average Bonchev–Trinajstić information content (AvgIpc) is 3.22. The van der Waals surface area contributed by atoms with E-state index in [9.17, 15) is 4.79 Å². The van der Waals surface area contributed by atoms with Crippen molar-refractivity contribution in [3.8, 4) is 11.5 Å². The standard InChI is InChI=1S/C20H18N2O3/c1-2-6-17-16(11-14-9-10-18-19(12-14)25-13-24-18)20(23)22(21-17)15-7-4-3-5-8-15/h3-5,7-12H,2,6,13H2,1H3/b16-11-. The summed E-state index contributed by atoms with van der Waals surface area (Å²) >= 11 is 0. The maximum absolute atomic E-state index is 12.9. The van der Waals surface area contributed by atoms with E-state index in [1.807, 2.05) is 54.6 Å². The number of fused-ring (bicyclic) bond motifs is 1. The van der Waals surface area contributed by atoms with E-state index >= 15 is 0 Å². The van der Waals surface area contributed by atoms with Crippen LogP contribution in [-0.2, 0) is 4.79 Å². The summed E-state index contributed by atoms with van der Waals surface area (Å²) in [4.78, 5) is 12.9. The fraction of sp³-hybridized carbons (Fsp3) is 0.200. The zero-order valence-corrected chi connectivity index (χ0v) is 13.9. The lowest BCUT2D eigenvalue weighted by atomic mass is 10.0. The van der Waals surface area contributed by atoms with Crippen LogP contribution in [0.2, 0.25) is 0 Å². The van der Waals surface area contributed by atoms with Crippen LogP contribution in [0.4, 0.5) is 5.69 Å². The zero-order valence-electron chi connectivity index (χ0n) is 13.9. The Morgan fingerprint density at radius 2 is 1.92 bits per heavy atom. The number of nitrogens with zero attached hydrogens (tertiary/aromatic N) is 2. The molecule has 0 bridgehead atoms. The van der Waals surface area contributed by atoms with E-state index in [2.05, 4.69) is 12.0 Å². The third-order valence-electron chi connectivity index (χ3n) is 4.15. The third-order valence-corrected chi connectivity index (χ3v) is 4.15. The van der Waals surface area contributed by atoms with E-state index in [-0.39, 0.29) is 12.7 Å². The summed E-state index contributed by atoms with van der Waals surface area (Å²) in [5.41, 5.74) is 3.11. The fourth-order valence-electron chi connectivity index (χ4n) is 2.94. The fourth-order valence-corrected chi connectivity index (χ4v) is 2.94. The highest BCUT2D eigenvalue weighted by Crippen LogP contribution is 2.34. The molecule has 2 aromatic rings. The highest BCUT2D eigenvalue weighted by Gasteiger charge is 2.30. The van der Waals surface area contributed by atoms with E-state index in [0.717, 1.165) is 35.6 Å². The summed E-state index contributed by atoms with van der Waals surface area (Å²) in [7, 11) is 0. The molecule has 2 aliphatic heterocycles. The number of hydrogen-bond acceptors (Lipinski definition) is 4. The van der Waals surface area contributed by atoms with E-state index in [0.29, 0.717) is 11.3 Å². The molecule has 0 fully saturated rings. The van der Waals surface area contributed by atoms with Gasteiger partial charge in [0.25, 0.3) is 5.91 Å². The number of rotatable bonds is 4. The van der Waals surface area contributed by atoms with Crippen LogP contribution in [0, 0.1) is 0 Å². The van der Waals surface area contributed by atoms with Crippen LogP contribution in [0.5, 0.6) is 11.5 Å². The molecule has 0 saturated carbocycles. The highest BCUT2D eigenvalue weighted by atomic mass is 16.7. The number of ether oxygens (including phenoxy) is 2. The topological polar surface area (TPSA) is 51.1 Å². The van der Waals surface area contributed by atoms with Gasteiger partial charge in [0.2, 0.25) is 6.79 Å². The summed E-state index contributed by atoms with van der Waals surface area (Å²) in [6.07, 6.45) is 3.56. The second kappa shape index (κ2) is 6.43. The molecule has 126 valence electrons. The van der Waals surface area contributed by atoms with Crippen molar-refractivity contribution in [2.75, 3.05) is 11.8 Å². The Hall–Kier alpha value is -3.08. The van der Waals surface area contributed by atoms with E-state index in [1.165, 1.54) is 5.01 Å². The minimum absolute atomic E-state index is 0.104. The Morgan fingerprint density at radius 1 is 1.12 bits per heavy atom. The van der Waals surface area contributed by atoms with Gasteiger partial charge in [0, 0.05) is 0 Å². The summed E-state index contributed by atoms with van der Waals surface area (Å²) in [6.45, 7) is 2.31. The number of para-hydroxylation sites is 1. The summed E-state index contributed by atoms with van der Waals surface area (Å²) in [5, 5.41) is 6.03. The number of hydrazone groups is 1. The van der Waals surface area contributed by atoms with E-state index in [4.69, 9.17) is 9.47 Å². The lowest BCUT2D eigenvalue weighted by Gasteiger charge is -2.11. The molecule has 2 aliphatic rings. The van der Waals surface area contributed by atoms with Crippen LogP contribution >= 0.6 is 0 Å². The first kappa shape index (κ1) is 15.4. The van der Waals surface area contributed by atoms with Crippen LogP contribution in [0.15, 0.2) is 59.2 Å². The maximum atomic E-state index is 12.9. The molecule has 0 atom stereocenters. The molecule has 2 heterocycles. The smallest absolute Gasteiger partial charge is 0.280 e. The van der Waals surface area contributed by atoms with E-state index < -0.39 is 0 Å². The van der Waals surface area contributed by atoms with Crippen LogP contribution in [0.25, 0.3) is 6.08 Å². The third kappa shape index (κ3) is 2.89. The zero-order chi connectivity index (χ0) is 17.2. The first-order valence-electron chi connectivity index (χ1n) is 8.35. The molecular weight excluding hydrogens is 316 g/mol. The van der Waals surface area contributed by atoms with Gasteiger partial charge in [0.15, 0.2) is 11.5 Å². The van der Waals surface area contributed by atoms with Gasteiger partial charge in [-0.05, 0) is 42.3 Å². The maximum Gasteiger partial charge on any atom is 0.280 e. The number of carbonyl (C=O) groups is 1. The van der Waals surface area contributed by atoms with Crippen LogP contribution in [0.1, 0.15) is 25.3 Å². The molecular formula is C20H18N2O3. The Kier molecular flexibility index (Phi) is 3.98. The van der Waals surface area contributed by atoms with Gasteiger partial charge in [-0.1, -0.05) is 37.6 Å². The molecule has 0 saturated heterocycles. The van der Waals surface area contributed by atoms with Crippen molar-refractivity contribution >= 4 is 23.4 Å². The molecule has 5 nitrogen and oxygen atoms in total. The van der Waals surface area contributed by atoms with Gasteiger partial charge in [-0.25, -0.2) is 0 Å². The van der Waals surface area contributed by atoms with Crippen molar-refractivity contribution in [1.29, 1.82) is 0 Å². The van der Waals surface area contributed by atoms with Crippen molar-refractivity contribution in [1.82, 2.24) is 0 Å². The van der Waals surface area contributed by atoms with Crippen molar-refractivity contribution in [3.05, 3.63) is 59.7 Å². The molecule has 2 aromatic carbocycles. The summed E-state index contributed by atoms with van der Waals surface area (Å²) < 4.78 is 10.8. The number of anilines is 1. The Bertz CT molecular complexity index is 872. The quantitative estimate of drug-likeness (QED) is 0.794.